The summed E-state index contributed by atoms with van der Waals surface area (Å²) in [5.41, 5.74) is 2.79. The number of allylic oxidation sites excluding steroid dienone is 1. The van der Waals surface area contributed by atoms with Crippen molar-refractivity contribution in [3.05, 3.63) is 24.6 Å². The molecule has 15 heavy (non-hydrogen) atoms. The molecule has 2 heterocycles. The van der Waals surface area contributed by atoms with Gasteiger partial charge in [-0.3, -0.25) is 0 Å². The number of nitrogens with one attached hydrogen (secondary N) is 1. The molecule has 0 aliphatic carbocycles. The maximum Gasteiger partial charge on any atom is 0.0306 e. The highest BCUT2D eigenvalue weighted by Crippen LogP contribution is 2.45. The molecule has 2 aliphatic heterocycles. The van der Waals surface area contributed by atoms with Crippen molar-refractivity contribution in [3.8, 4) is 0 Å². The van der Waals surface area contributed by atoms with Gasteiger partial charge in [0.1, 0.15) is 0 Å². The van der Waals surface area contributed by atoms with E-state index in [0.717, 1.165) is 13.1 Å². The molecule has 0 aromatic carbocycles. The zero-order valence-electron chi connectivity index (χ0n) is 9.97. The second-order valence-corrected chi connectivity index (χ2v) is 5.12. The molecular weight excluding hydrogens is 184 g/mol. The predicted molar refractivity (Wildman–Crippen MR) is 64.4 cm³/mol. The fourth-order valence-corrected chi connectivity index (χ4v) is 2.90. The largest absolute Gasteiger partial charge is 0.386 e. The highest BCUT2D eigenvalue weighted by Gasteiger charge is 2.46. The van der Waals surface area contributed by atoms with E-state index in [0.29, 0.717) is 11.5 Å². The van der Waals surface area contributed by atoms with Crippen molar-refractivity contribution in [1.29, 1.82) is 0 Å². The third-order valence-corrected chi connectivity index (χ3v) is 4.04. The van der Waals surface area contributed by atoms with Gasteiger partial charge in [0.05, 0.1) is 0 Å². The summed E-state index contributed by atoms with van der Waals surface area (Å²) in [6.07, 6.45) is 3.70. The second-order valence-electron chi connectivity index (χ2n) is 5.12. The van der Waals surface area contributed by atoms with Gasteiger partial charge in [-0.1, -0.05) is 20.1 Å². The third-order valence-electron chi connectivity index (χ3n) is 4.04. The SMILES string of the molecule is C=C(C)N1CCC2(CC(CC)NC2=C)C1. The van der Waals surface area contributed by atoms with Gasteiger partial charge in [-0.25, -0.2) is 0 Å². The van der Waals surface area contributed by atoms with Crippen LogP contribution in [0.3, 0.4) is 0 Å². The topological polar surface area (TPSA) is 15.3 Å². The fraction of sp³-hybridized carbons (Fsp3) is 0.692. The average Bonchev–Trinajstić information content (AvgIpc) is 2.74. The first-order chi connectivity index (χ1) is 7.07. The minimum Gasteiger partial charge on any atom is -0.386 e. The Morgan fingerprint density at radius 2 is 2.40 bits per heavy atom. The highest BCUT2D eigenvalue weighted by atomic mass is 15.2. The van der Waals surface area contributed by atoms with Crippen LogP contribution in [0.1, 0.15) is 33.1 Å². The van der Waals surface area contributed by atoms with Crippen LogP contribution >= 0.6 is 0 Å². The Morgan fingerprint density at radius 1 is 1.67 bits per heavy atom. The number of rotatable bonds is 2. The minimum atomic E-state index is 0.333. The van der Waals surface area contributed by atoms with E-state index < -0.39 is 0 Å². The van der Waals surface area contributed by atoms with Crippen molar-refractivity contribution in [2.75, 3.05) is 13.1 Å². The molecular formula is C13H22N2. The van der Waals surface area contributed by atoms with Gasteiger partial charge in [0.2, 0.25) is 0 Å². The zero-order valence-corrected chi connectivity index (χ0v) is 9.97. The Hall–Kier alpha value is -0.920. The Morgan fingerprint density at radius 3 is 2.87 bits per heavy atom. The second kappa shape index (κ2) is 3.58. The van der Waals surface area contributed by atoms with Crippen LogP contribution in [0.4, 0.5) is 0 Å². The lowest BCUT2D eigenvalue weighted by Gasteiger charge is -2.25. The summed E-state index contributed by atoms with van der Waals surface area (Å²) in [6.45, 7) is 14.9. The van der Waals surface area contributed by atoms with Gasteiger partial charge in [0, 0.05) is 35.9 Å². The molecule has 1 spiro atoms. The molecule has 0 radical (unpaired) electrons. The van der Waals surface area contributed by atoms with E-state index in [1.807, 2.05) is 0 Å². The van der Waals surface area contributed by atoms with Crippen LogP contribution in [0.15, 0.2) is 24.6 Å². The maximum atomic E-state index is 4.21. The first-order valence-corrected chi connectivity index (χ1v) is 5.94. The molecule has 2 rings (SSSR count). The first kappa shape index (κ1) is 10.6. The molecule has 0 aromatic heterocycles. The summed E-state index contributed by atoms with van der Waals surface area (Å²) in [6, 6.07) is 0.641. The van der Waals surface area contributed by atoms with Crippen LogP contribution in [0, 0.1) is 5.41 Å². The molecule has 0 saturated carbocycles. The summed E-state index contributed by atoms with van der Waals surface area (Å²) in [5.74, 6) is 0. The summed E-state index contributed by atoms with van der Waals surface area (Å²) >= 11 is 0. The third kappa shape index (κ3) is 1.66. The Bertz CT molecular complexity index is 295. The van der Waals surface area contributed by atoms with Crippen molar-refractivity contribution >= 4 is 0 Å². The lowest BCUT2D eigenvalue weighted by molar-refractivity contribution is 0.335. The van der Waals surface area contributed by atoms with Crippen molar-refractivity contribution < 1.29 is 0 Å². The molecule has 84 valence electrons. The Balaban J connectivity index is 2.10. The number of nitrogens with zero attached hydrogens (tertiary/aromatic N) is 1. The van der Waals surface area contributed by atoms with Crippen molar-refractivity contribution in [2.24, 2.45) is 5.41 Å². The van der Waals surface area contributed by atoms with Crippen LogP contribution in [0.25, 0.3) is 0 Å². The highest BCUT2D eigenvalue weighted by molar-refractivity contribution is 5.21. The van der Waals surface area contributed by atoms with E-state index in [2.05, 4.69) is 37.2 Å². The minimum absolute atomic E-state index is 0.333. The van der Waals surface area contributed by atoms with Gasteiger partial charge in [0.15, 0.2) is 0 Å². The summed E-state index contributed by atoms with van der Waals surface area (Å²) in [4.78, 5) is 2.39. The van der Waals surface area contributed by atoms with Gasteiger partial charge in [0.25, 0.3) is 0 Å². The summed E-state index contributed by atoms with van der Waals surface area (Å²) < 4.78 is 0. The molecule has 1 N–H and O–H groups in total. The Kier molecular flexibility index (Phi) is 2.53. The molecule has 2 nitrogen and oxygen atoms in total. The number of hydrogen-bond acceptors (Lipinski definition) is 2. The lowest BCUT2D eigenvalue weighted by atomic mass is 9.82. The lowest BCUT2D eigenvalue weighted by Crippen LogP contribution is -2.26. The van der Waals surface area contributed by atoms with E-state index in [1.165, 1.54) is 30.7 Å². The molecule has 0 amide bonds. The average molecular weight is 206 g/mol. The molecule has 2 atom stereocenters. The van der Waals surface area contributed by atoms with E-state index >= 15 is 0 Å². The predicted octanol–water partition coefficient (Wildman–Crippen LogP) is 2.50. The van der Waals surface area contributed by atoms with Crippen molar-refractivity contribution in [1.82, 2.24) is 10.2 Å². The van der Waals surface area contributed by atoms with E-state index in [1.54, 1.807) is 0 Å². The molecule has 2 saturated heterocycles. The van der Waals surface area contributed by atoms with Crippen LogP contribution in [0.2, 0.25) is 0 Å². The monoisotopic (exact) mass is 206 g/mol. The first-order valence-electron chi connectivity index (χ1n) is 5.94. The van der Waals surface area contributed by atoms with E-state index in [9.17, 15) is 0 Å². The van der Waals surface area contributed by atoms with Crippen molar-refractivity contribution in [2.45, 2.75) is 39.2 Å². The summed E-state index contributed by atoms with van der Waals surface area (Å²) in [5, 5.41) is 3.54. The van der Waals surface area contributed by atoms with E-state index in [4.69, 9.17) is 0 Å². The van der Waals surface area contributed by atoms with Gasteiger partial charge < -0.3 is 10.2 Å². The van der Waals surface area contributed by atoms with Gasteiger partial charge in [-0.2, -0.15) is 0 Å². The number of likely N-dealkylation sites (tertiary alicyclic amines) is 1. The Labute approximate surface area is 93.0 Å². The quantitative estimate of drug-likeness (QED) is 0.747. The standard InChI is InChI=1S/C13H22N2/c1-5-12-8-13(11(4)14-12)6-7-15(9-13)10(2)3/h12,14H,2,4-9H2,1,3H3. The molecule has 0 aromatic rings. The summed E-state index contributed by atoms with van der Waals surface area (Å²) in [7, 11) is 0. The maximum absolute atomic E-state index is 4.21. The van der Waals surface area contributed by atoms with Gasteiger partial charge >= 0.3 is 0 Å². The number of hydrogen-bond donors (Lipinski definition) is 1. The molecule has 2 fully saturated rings. The molecule has 2 heteroatoms. The normalized spacial score (nSPS) is 34.9. The smallest absolute Gasteiger partial charge is 0.0306 e. The van der Waals surface area contributed by atoms with Crippen LogP contribution in [-0.4, -0.2) is 24.0 Å². The van der Waals surface area contributed by atoms with Gasteiger partial charge in [-0.05, 0) is 26.2 Å². The fourth-order valence-electron chi connectivity index (χ4n) is 2.90. The molecule has 2 unspecified atom stereocenters. The van der Waals surface area contributed by atoms with Gasteiger partial charge in [-0.15, -0.1) is 0 Å². The van der Waals surface area contributed by atoms with Crippen molar-refractivity contribution in [3.63, 3.8) is 0 Å². The van der Waals surface area contributed by atoms with E-state index in [-0.39, 0.29) is 0 Å². The zero-order chi connectivity index (χ0) is 11.1. The van der Waals surface area contributed by atoms with Crippen LogP contribution in [-0.2, 0) is 0 Å². The van der Waals surface area contributed by atoms with Crippen LogP contribution < -0.4 is 5.32 Å². The molecule has 2 aliphatic rings. The van der Waals surface area contributed by atoms with Crippen LogP contribution in [0.5, 0.6) is 0 Å². The molecule has 0 bridgehead atoms.